The monoisotopic (exact) mass is 310 g/mol. The van der Waals surface area contributed by atoms with Crippen LogP contribution >= 0.6 is 0 Å². The van der Waals surface area contributed by atoms with E-state index in [0.29, 0.717) is 0 Å². The summed E-state index contributed by atoms with van der Waals surface area (Å²) < 4.78 is 5.18. The molecule has 1 amide bonds. The minimum absolute atomic E-state index is 0.000198. The van der Waals surface area contributed by atoms with E-state index in [9.17, 15) is 4.79 Å². The molecule has 2 N–H and O–H groups in total. The number of hydrogen-bond acceptors (Lipinski definition) is 3. The van der Waals surface area contributed by atoms with E-state index in [4.69, 9.17) is 4.74 Å². The van der Waals surface area contributed by atoms with Gasteiger partial charge in [0, 0.05) is 17.8 Å². The van der Waals surface area contributed by atoms with Crippen molar-refractivity contribution in [1.82, 2.24) is 5.32 Å². The zero-order valence-electron chi connectivity index (χ0n) is 13.6. The Morgan fingerprint density at radius 2 is 2.04 bits per heavy atom. The molecule has 2 aromatic rings. The molecule has 1 aliphatic rings. The lowest BCUT2D eigenvalue weighted by Crippen LogP contribution is -2.28. The average Bonchev–Trinajstić information content (AvgIpc) is 3.07. The Hall–Kier alpha value is -2.49. The third-order valence-electron chi connectivity index (χ3n) is 4.31. The van der Waals surface area contributed by atoms with E-state index in [2.05, 4.69) is 17.6 Å². The lowest BCUT2D eigenvalue weighted by molar-refractivity contribution is 0.0935. The van der Waals surface area contributed by atoms with Crippen LogP contribution in [0.2, 0.25) is 0 Å². The number of amides is 1. The molecule has 0 aromatic heterocycles. The molecule has 0 radical (unpaired) electrons. The van der Waals surface area contributed by atoms with E-state index in [1.165, 1.54) is 5.56 Å². The number of carbonyl (C=O) groups is 1. The molecular weight excluding hydrogens is 288 g/mol. The number of benzene rings is 2. The highest BCUT2D eigenvalue weighted by Gasteiger charge is 2.17. The molecule has 2 aromatic carbocycles. The summed E-state index contributed by atoms with van der Waals surface area (Å²) in [4.78, 5) is 12.6. The molecular formula is C19H22N2O2. The van der Waals surface area contributed by atoms with Crippen molar-refractivity contribution < 1.29 is 9.53 Å². The third-order valence-corrected chi connectivity index (χ3v) is 4.31. The summed E-state index contributed by atoms with van der Waals surface area (Å²) in [6.45, 7) is 3.02. The lowest BCUT2D eigenvalue weighted by Gasteiger charge is -2.18. The van der Waals surface area contributed by atoms with Crippen LogP contribution in [0.5, 0.6) is 5.75 Å². The van der Waals surface area contributed by atoms with Gasteiger partial charge in [-0.15, -0.1) is 0 Å². The molecule has 0 saturated carbocycles. The van der Waals surface area contributed by atoms with E-state index in [1.54, 1.807) is 7.11 Å². The van der Waals surface area contributed by atoms with Gasteiger partial charge >= 0.3 is 0 Å². The van der Waals surface area contributed by atoms with Crippen LogP contribution in [0.25, 0.3) is 0 Å². The minimum atomic E-state index is -0.0256. The maximum atomic E-state index is 12.6. The number of fused-ring (bicyclic) bond motifs is 1. The van der Waals surface area contributed by atoms with Gasteiger partial charge in [-0.25, -0.2) is 0 Å². The van der Waals surface area contributed by atoms with Gasteiger partial charge in [-0.1, -0.05) is 19.1 Å². The standard InChI is InChI=1S/C19H22N2O2/c1-3-17(13-4-7-16(23-2)8-5-13)21-19(22)15-6-9-18-14(12-15)10-11-20-18/h4-9,12,17,20H,3,10-11H2,1-2H3,(H,21,22). The van der Waals surface area contributed by atoms with Crippen LogP contribution in [0.3, 0.4) is 0 Å². The number of ether oxygens (including phenoxy) is 1. The number of hydrogen-bond donors (Lipinski definition) is 2. The van der Waals surface area contributed by atoms with Crippen LogP contribution in [0.1, 0.15) is 40.9 Å². The molecule has 120 valence electrons. The van der Waals surface area contributed by atoms with Gasteiger partial charge in [0.15, 0.2) is 0 Å². The van der Waals surface area contributed by atoms with Crippen molar-refractivity contribution >= 4 is 11.6 Å². The lowest BCUT2D eigenvalue weighted by atomic mass is 10.0. The molecule has 0 spiro atoms. The zero-order chi connectivity index (χ0) is 16.2. The molecule has 4 heteroatoms. The van der Waals surface area contributed by atoms with Crippen LogP contribution in [-0.2, 0) is 6.42 Å². The van der Waals surface area contributed by atoms with Gasteiger partial charge in [-0.05, 0) is 54.3 Å². The van der Waals surface area contributed by atoms with E-state index < -0.39 is 0 Å². The highest BCUT2D eigenvalue weighted by Crippen LogP contribution is 2.24. The van der Waals surface area contributed by atoms with Crippen molar-refractivity contribution in [3.05, 3.63) is 59.2 Å². The number of anilines is 1. The largest absolute Gasteiger partial charge is 0.497 e. The van der Waals surface area contributed by atoms with Gasteiger partial charge in [0.25, 0.3) is 5.91 Å². The fourth-order valence-corrected chi connectivity index (χ4v) is 2.94. The Kier molecular flexibility index (Phi) is 4.51. The summed E-state index contributed by atoms with van der Waals surface area (Å²) in [5, 5.41) is 6.44. The number of rotatable bonds is 5. The van der Waals surface area contributed by atoms with Crippen LogP contribution < -0.4 is 15.4 Å². The fourth-order valence-electron chi connectivity index (χ4n) is 2.94. The Labute approximate surface area is 136 Å². The van der Waals surface area contributed by atoms with Crippen LogP contribution in [0.15, 0.2) is 42.5 Å². The first-order chi connectivity index (χ1) is 11.2. The summed E-state index contributed by atoms with van der Waals surface area (Å²) in [7, 11) is 1.65. The Morgan fingerprint density at radius 3 is 2.74 bits per heavy atom. The second-order valence-corrected chi connectivity index (χ2v) is 5.76. The molecule has 23 heavy (non-hydrogen) atoms. The van der Waals surface area contributed by atoms with Gasteiger partial charge < -0.3 is 15.4 Å². The van der Waals surface area contributed by atoms with E-state index in [-0.39, 0.29) is 11.9 Å². The first kappa shape index (κ1) is 15.4. The van der Waals surface area contributed by atoms with E-state index >= 15 is 0 Å². The summed E-state index contributed by atoms with van der Waals surface area (Å²) in [6, 6.07) is 13.7. The predicted octanol–water partition coefficient (Wildman–Crippen LogP) is 3.54. The molecule has 4 nitrogen and oxygen atoms in total. The summed E-state index contributed by atoms with van der Waals surface area (Å²) in [6.07, 6.45) is 1.82. The smallest absolute Gasteiger partial charge is 0.251 e. The van der Waals surface area contributed by atoms with Gasteiger partial charge in [-0.3, -0.25) is 4.79 Å². The first-order valence-corrected chi connectivity index (χ1v) is 8.03. The average molecular weight is 310 g/mol. The van der Waals surface area contributed by atoms with Gasteiger partial charge in [0.05, 0.1) is 13.2 Å². The molecule has 0 saturated heterocycles. The molecule has 1 unspecified atom stereocenters. The van der Waals surface area contributed by atoms with Crippen molar-refractivity contribution in [2.75, 3.05) is 19.0 Å². The Bertz CT molecular complexity index is 695. The number of nitrogens with one attached hydrogen (secondary N) is 2. The molecule has 1 aliphatic heterocycles. The topological polar surface area (TPSA) is 50.4 Å². The van der Waals surface area contributed by atoms with Crippen molar-refractivity contribution in [2.24, 2.45) is 0 Å². The van der Waals surface area contributed by atoms with Crippen LogP contribution in [-0.4, -0.2) is 19.6 Å². The third kappa shape index (κ3) is 3.31. The summed E-state index contributed by atoms with van der Waals surface area (Å²) in [5.41, 5.74) is 4.17. The first-order valence-electron chi connectivity index (χ1n) is 8.03. The minimum Gasteiger partial charge on any atom is -0.497 e. The highest BCUT2D eigenvalue weighted by molar-refractivity contribution is 5.95. The quantitative estimate of drug-likeness (QED) is 0.888. The maximum absolute atomic E-state index is 12.6. The Morgan fingerprint density at radius 1 is 1.26 bits per heavy atom. The fraction of sp³-hybridized carbons (Fsp3) is 0.316. The predicted molar refractivity (Wildman–Crippen MR) is 92.1 cm³/mol. The van der Waals surface area contributed by atoms with E-state index in [1.807, 2.05) is 42.5 Å². The normalized spacial score (nSPS) is 13.8. The SMILES string of the molecule is CCC(NC(=O)c1ccc2c(c1)CCN2)c1ccc(OC)cc1. The number of carbonyl (C=O) groups excluding carboxylic acids is 1. The molecule has 1 atom stereocenters. The zero-order valence-corrected chi connectivity index (χ0v) is 13.6. The van der Waals surface area contributed by atoms with Crippen molar-refractivity contribution in [2.45, 2.75) is 25.8 Å². The molecule has 0 fully saturated rings. The van der Waals surface area contributed by atoms with Gasteiger partial charge in [0.1, 0.15) is 5.75 Å². The molecule has 0 bridgehead atoms. The van der Waals surface area contributed by atoms with Gasteiger partial charge in [-0.2, -0.15) is 0 Å². The van der Waals surface area contributed by atoms with Gasteiger partial charge in [0.2, 0.25) is 0 Å². The molecule has 3 rings (SSSR count). The molecule has 1 heterocycles. The number of methoxy groups -OCH3 is 1. The van der Waals surface area contributed by atoms with Crippen molar-refractivity contribution in [1.29, 1.82) is 0 Å². The second-order valence-electron chi connectivity index (χ2n) is 5.76. The summed E-state index contributed by atoms with van der Waals surface area (Å²) >= 11 is 0. The van der Waals surface area contributed by atoms with E-state index in [0.717, 1.165) is 42.0 Å². The molecule has 0 aliphatic carbocycles. The van der Waals surface area contributed by atoms with Crippen molar-refractivity contribution in [3.63, 3.8) is 0 Å². The summed E-state index contributed by atoms with van der Waals surface area (Å²) in [5.74, 6) is 0.795. The Balaban J connectivity index is 1.74. The second kappa shape index (κ2) is 6.73. The van der Waals surface area contributed by atoms with Crippen LogP contribution in [0, 0.1) is 0 Å². The van der Waals surface area contributed by atoms with Crippen LogP contribution in [0.4, 0.5) is 5.69 Å². The maximum Gasteiger partial charge on any atom is 0.251 e. The van der Waals surface area contributed by atoms with Crippen molar-refractivity contribution in [3.8, 4) is 5.75 Å². The highest BCUT2D eigenvalue weighted by atomic mass is 16.5.